The van der Waals surface area contributed by atoms with Crippen LogP contribution in [0.15, 0.2) is 60.7 Å². The molecule has 0 saturated carbocycles. The van der Waals surface area contributed by atoms with E-state index in [1.54, 1.807) is 0 Å². The van der Waals surface area contributed by atoms with Crippen LogP contribution in [-0.2, 0) is 21.3 Å². The highest BCUT2D eigenvalue weighted by Gasteiger charge is 2.08. The normalized spacial score (nSPS) is 10.5. The lowest BCUT2D eigenvalue weighted by Crippen LogP contribution is -2.03. The van der Waals surface area contributed by atoms with Crippen LogP contribution in [0.25, 0.3) is 0 Å². The number of rotatable bonds is 4. The highest BCUT2D eigenvalue weighted by atomic mass is 32.2. The molecule has 0 heterocycles. The standard InChI is InChI=1S/C16H16O3S3/c17-15(20)18-19-16(21)22(11-13-7-3-1-4-8-13)12-14-9-5-2-6-10-14/h1-10,21H,11-12H2,(H,17,20). The van der Waals surface area contributed by atoms with Gasteiger partial charge in [-0.15, -0.1) is 28.0 Å². The minimum Gasteiger partial charge on any atom is -0.280 e. The molecule has 0 atom stereocenters. The Balaban J connectivity index is 2.19. The van der Waals surface area contributed by atoms with Gasteiger partial charge in [0, 0.05) is 11.5 Å². The first-order valence-corrected chi connectivity index (χ1v) is 8.99. The molecule has 0 amide bonds. The van der Waals surface area contributed by atoms with Gasteiger partial charge in [0.2, 0.25) is 0 Å². The monoisotopic (exact) mass is 352 g/mol. The molecule has 0 N–H and O–H groups in total. The minimum atomic E-state index is -0.797. The van der Waals surface area contributed by atoms with Crippen molar-refractivity contribution in [3.8, 4) is 0 Å². The molecular formula is C16H16O3S3. The fraction of sp³-hybridized carbons (Fsp3) is 0.125. The molecule has 6 heteroatoms. The zero-order chi connectivity index (χ0) is 15.8. The molecule has 0 fully saturated rings. The number of hydrogen-bond donors (Lipinski definition) is 2. The van der Waals surface area contributed by atoms with E-state index < -0.39 is 5.30 Å². The molecule has 0 radical (unpaired) electrons. The first-order valence-electron chi connectivity index (χ1n) is 6.54. The third kappa shape index (κ3) is 5.88. The molecule has 2 aromatic rings. The molecule has 0 aliphatic carbocycles. The minimum absolute atomic E-state index is 0.340. The second-order valence-electron chi connectivity index (χ2n) is 4.45. The van der Waals surface area contributed by atoms with Crippen LogP contribution in [-0.4, -0.2) is 9.68 Å². The first kappa shape index (κ1) is 17.1. The maximum Gasteiger partial charge on any atom is 0.397 e. The largest absolute Gasteiger partial charge is 0.397 e. The summed E-state index contributed by atoms with van der Waals surface area (Å²) in [5, 5.41) is -0.797. The lowest BCUT2D eigenvalue weighted by Gasteiger charge is -2.13. The predicted octanol–water partition coefficient (Wildman–Crippen LogP) is 4.67. The third-order valence-corrected chi connectivity index (χ3v) is 5.65. The summed E-state index contributed by atoms with van der Waals surface area (Å²) >= 11 is 7.87. The second-order valence-corrected chi connectivity index (χ2v) is 7.46. The van der Waals surface area contributed by atoms with E-state index in [4.69, 9.17) is 4.89 Å². The molecule has 0 aliphatic rings. The van der Waals surface area contributed by atoms with Crippen molar-refractivity contribution in [3.63, 3.8) is 0 Å². The summed E-state index contributed by atoms with van der Waals surface area (Å²) in [6.45, 7) is 0. The molecule has 0 aromatic heterocycles. The van der Waals surface area contributed by atoms with Gasteiger partial charge in [0.05, 0.1) is 0 Å². The zero-order valence-corrected chi connectivity index (χ0v) is 14.3. The van der Waals surface area contributed by atoms with Gasteiger partial charge in [-0.05, 0) is 11.1 Å². The Labute approximate surface area is 143 Å². The van der Waals surface area contributed by atoms with Crippen LogP contribution in [0.3, 0.4) is 0 Å². The van der Waals surface area contributed by atoms with Gasteiger partial charge < -0.3 is 0 Å². The van der Waals surface area contributed by atoms with Crippen LogP contribution < -0.4 is 0 Å². The topological polar surface area (TPSA) is 35.5 Å². The van der Waals surface area contributed by atoms with Crippen molar-refractivity contribution in [3.05, 3.63) is 71.8 Å². The maximum absolute atomic E-state index is 10.8. The van der Waals surface area contributed by atoms with E-state index in [-0.39, 0.29) is 10.5 Å². The molecule has 116 valence electrons. The fourth-order valence-corrected chi connectivity index (χ4v) is 3.98. The number of carbonyl (C=O) groups excluding carboxylic acids is 1. The summed E-state index contributed by atoms with van der Waals surface area (Å²) in [7, 11) is -0.340. The van der Waals surface area contributed by atoms with Crippen molar-refractivity contribution < 1.29 is 14.6 Å². The number of thiol groups is 2. The van der Waals surface area contributed by atoms with Gasteiger partial charge in [-0.1, -0.05) is 73.3 Å². The van der Waals surface area contributed by atoms with Crippen LogP contribution in [0.1, 0.15) is 11.1 Å². The maximum atomic E-state index is 10.8. The summed E-state index contributed by atoms with van der Waals surface area (Å²) < 4.78 is 0.384. The Morgan fingerprint density at radius 3 is 1.68 bits per heavy atom. The lowest BCUT2D eigenvalue weighted by atomic mass is 10.2. The van der Waals surface area contributed by atoms with Crippen LogP contribution >= 0.6 is 35.7 Å². The van der Waals surface area contributed by atoms with Crippen molar-refractivity contribution in [1.29, 1.82) is 0 Å². The SMILES string of the molecule is O=C(S)OOC(S)=S(Cc1ccccc1)Cc1ccccc1. The van der Waals surface area contributed by atoms with Crippen molar-refractivity contribution in [2.24, 2.45) is 0 Å². The van der Waals surface area contributed by atoms with Crippen molar-refractivity contribution in [2.45, 2.75) is 11.5 Å². The van der Waals surface area contributed by atoms with E-state index in [0.717, 1.165) is 11.5 Å². The molecule has 3 nitrogen and oxygen atoms in total. The highest BCUT2D eigenvalue weighted by molar-refractivity contribution is 8.26. The van der Waals surface area contributed by atoms with Crippen LogP contribution in [0.2, 0.25) is 0 Å². The van der Waals surface area contributed by atoms with Gasteiger partial charge in [-0.2, -0.15) is 0 Å². The quantitative estimate of drug-likeness (QED) is 0.363. The average Bonchev–Trinajstić information content (AvgIpc) is 2.54. The van der Waals surface area contributed by atoms with Crippen LogP contribution in [0.5, 0.6) is 0 Å². The van der Waals surface area contributed by atoms with Gasteiger partial charge in [0.1, 0.15) is 0 Å². The van der Waals surface area contributed by atoms with E-state index in [0.29, 0.717) is 4.38 Å². The molecule has 0 saturated heterocycles. The van der Waals surface area contributed by atoms with Gasteiger partial charge in [-0.3, -0.25) is 4.89 Å². The van der Waals surface area contributed by atoms with Crippen molar-refractivity contribution in [2.75, 3.05) is 0 Å². The molecule has 2 rings (SSSR count). The van der Waals surface area contributed by atoms with Gasteiger partial charge in [0.15, 0.2) is 4.38 Å². The molecular weight excluding hydrogens is 336 g/mol. The summed E-state index contributed by atoms with van der Waals surface area (Å²) in [4.78, 5) is 20.2. The second kappa shape index (κ2) is 9.05. The molecule has 0 bridgehead atoms. The van der Waals surface area contributed by atoms with E-state index in [1.807, 2.05) is 36.4 Å². The Morgan fingerprint density at radius 2 is 1.27 bits per heavy atom. The van der Waals surface area contributed by atoms with Gasteiger partial charge in [-0.25, -0.2) is 4.79 Å². The molecule has 0 spiro atoms. The smallest absolute Gasteiger partial charge is 0.280 e. The molecule has 0 aliphatic heterocycles. The Hall–Kier alpha value is -1.21. The van der Waals surface area contributed by atoms with Gasteiger partial charge in [0.25, 0.3) is 0 Å². The molecule has 22 heavy (non-hydrogen) atoms. The average molecular weight is 353 g/mol. The molecule has 2 aromatic carbocycles. The summed E-state index contributed by atoms with van der Waals surface area (Å²) in [6.07, 6.45) is 0. The lowest BCUT2D eigenvalue weighted by molar-refractivity contribution is -0.139. The number of benzene rings is 2. The fourth-order valence-electron chi connectivity index (χ4n) is 1.84. The summed E-state index contributed by atoms with van der Waals surface area (Å²) in [6, 6.07) is 20.1. The highest BCUT2D eigenvalue weighted by Crippen LogP contribution is 2.29. The summed E-state index contributed by atoms with van der Waals surface area (Å²) in [5.41, 5.74) is 2.35. The first-order chi connectivity index (χ1) is 10.6. The van der Waals surface area contributed by atoms with Crippen molar-refractivity contribution >= 4 is 45.4 Å². The van der Waals surface area contributed by atoms with E-state index >= 15 is 0 Å². The Bertz CT molecular complexity index is 599. The number of hydrogen-bond acceptors (Lipinski definition) is 3. The Morgan fingerprint density at radius 1 is 0.818 bits per heavy atom. The third-order valence-electron chi connectivity index (χ3n) is 2.80. The number of carbonyl (C=O) groups is 1. The van der Waals surface area contributed by atoms with Crippen LogP contribution in [0.4, 0.5) is 4.79 Å². The van der Waals surface area contributed by atoms with E-state index in [2.05, 4.69) is 54.4 Å². The predicted molar refractivity (Wildman–Crippen MR) is 98.4 cm³/mol. The van der Waals surface area contributed by atoms with E-state index in [1.165, 1.54) is 11.1 Å². The zero-order valence-electron chi connectivity index (χ0n) is 11.7. The van der Waals surface area contributed by atoms with Gasteiger partial charge >= 0.3 is 5.30 Å². The molecule has 0 unspecified atom stereocenters. The van der Waals surface area contributed by atoms with E-state index in [9.17, 15) is 4.79 Å². The summed E-state index contributed by atoms with van der Waals surface area (Å²) in [5.74, 6) is 1.53. The Kier molecular flexibility index (Phi) is 7.05. The van der Waals surface area contributed by atoms with Crippen LogP contribution in [0, 0.1) is 0 Å². The van der Waals surface area contributed by atoms with Crippen molar-refractivity contribution in [1.82, 2.24) is 0 Å².